The number of aliphatic carboxylic acids is 1. The van der Waals surface area contributed by atoms with E-state index in [0.29, 0.717) is 17.7 Å². The Morgan fingerprint density at radius 1 is 0.841 bits per heavy atom. The highest BCUT2D eigenvalue weighted by Gasteiger charge is 2.43. The van der Waals surface area contributed by atoms with Crippen LogP contribution in [-0.2, 0) is 38.4 Å². The average molecular weight is 595 g/mol. The van der Waals surface area contributed by atoms with Gasteiger partial charge in [-0.15, -0.1) is 0 Å². The number of benzene rings is 4. The summed E-state index contributed by atoms with van der Waals surface area (Å²) in [7, 11) is 0. The van der Waals surface area contributed by atoms with Crippen LogP contribution in [0, 0.1) is 0 Å². The van der Waals surface area contributed by atoms with E-state index >= 15 is 0 Å². The van der Waals surface area contributed by atoms with Gasteiger partial charge in [0.05, 0.1) is 0 Å². The first-order valence-corrected chi connectivity index (χ1v) is 14.4. The average Bonchev–Trinajstić information content (AvgIpc) is 3.03. The minimum absolute atomic E-state index is 0.157. The summed E-state index contributed by atoms with van der Waals surface area (Å²) in [5.41, 5.74) is 8.20. The molecule has 1 unspecified atom stereocenters. The number of carboxylic acid groups (broad SMARTS) is 1. The fourth-order valence-electron chi connectivity index (χ4n) is 5.02. The van der Waals surface area contributed by atoms with Gasteiger partial charge in [0.2, 0.25) is 18.0 Å². The van der Waals surface area contributed by atoms with Gasteiger partial charge < -0.3 is 31.5 Å². The number of amides is 3. The molecule has 6 N–H and O–H groups in total. The van der Waals surface area contributed by atoms with Crippen LogP contribution in [0.15, 0.2) is 97.1 Å². The smallest absolute Gasteiger partial charge is 0.320 e. The van der Waals surface area contributed by atoms with Crippen LogP contribution in [0.1, 0.15) is 23.1 Å². The van der Waals surface area contributed by atoms with E-state index in [1.807, 2.05) is 72.8 Å². The van der Waals surface area contributed by atoms with Crippen molar-refractivity contribution in [2.45, 2.75) is 50.0 Å². The highest BCUT2D eigenvalue weighted by Crippen LogP contribution is 2.20. The van der Waals surface area contributed by atoms with E-state index in [-0.39, 0.29) is 25.2 Å². The summed E-state index contributed by atoms with van der Waals surface area (Å²) in [6.45, 7) is 0. The minimum Gasteiger partial charge on any atom is -0.480 e. The molecule has 1 aliphatic heterocycles. The molecule has 0 aliphatic carbocycles. The second-order valence-corrected chi connectivity index (χ2v) is 10.8. The maximum absolute atomic E-state index is 13.5. The van der Waals surface area contributed by atoms with Crippen molar-refractivity contribution in [3.05, 3.63) is 114 Å². The van der Waals surface area contributed by atoms with Crippen molar-refractivity contribution in [3.63, 3.8) is 0 Å². The Labute approximate surface area is 254 Å². The maximum Gasteiger partial charge on any atom is 0.320 e. The zero-order chi connectivity index (χ0) is 31.1. The van der Waals surface area contributed by atoms with E-state index in [2.05, 4.69) is 16.0 Å². The Hall–Kier alpha value is -5.22. The fraction of sp³-hybridized carbons (Fsp3) is 0.235. The lowest BCUT2D eigenvalue weighted by Gasteiger charge is -2.37. The predicted octanol–water partition coefficient (Wildman–Crippen LogP) is 2.47. The zero-order valence-corrected chi connectivity index (χ0v) is 23.9. The Kier molecular flexibility index (Phi) is 9.51. The number of carboxylic acids is 1. The number of rotatable bonds is 13. The number of carbonyl (C=O) groups is 4. The molecular weight excluding hydrogens is 560 g/mol. The summed E-state index contributed by atoms with van der Waals surface area (Å²) in [5, 5.41) is 19.4. The Balaban J connectivity index is 1.25. The molecule has 226 valence electrons. The Bertz CT molecular complexity index is 1640. The van der Waals surface area contributed by atoms with Crippen LogP contribution in [0.2, 0.25) is 0 Å². The van der Waals surface area contributed by atoms with E-state index < -0.39 is 42.1 Å². The molecule has 0 radical (unpaired) electrons. The van der Waals surface area contributed by atoms with Gasteiger partial charge in [0.15, 0.2) is 6.04 Å². The molecule has 4 aromatic carbocycles. The summed E-state index contributed by atoms with van der Waals surface area (Å²) in [6.07, 6.45) is 0.291. The second kappa shape index (κ2) is 13.8. The van der Waals surface area contributed by atoms with Gasteiger partial charge in [0, 0.05) is 12.8 Å². The monoisotopic (exact) mass is 594 g/mol. The van der Waals surface area contributed by atoms with Crippen molar-refractivity contribution in [3.8, 4) is 5.75 Å². The van der Waals surface area contributed by atoms with Crippen molar-refractivity contribution in [2.75, 3.05) is 0 Å². The second-order valence-electron chi connectivity index (χ2n) is 10.8. The summed E-state index contributed by atoms with van der Waals surface area (Å²) in [6, 6.07) is 27.1. The lowest BCUT2D eigenvalue weighted by Crippen LogP contribution is -2.72. The molecule has 0 bridgehead atoms. The van der Waals surface area contributed by atoms with Gasteiger partial charge >= 0.3 is 5.97 Å². The van der Waals surface area contributed by atoms with Gasteiger partial charge in [-0.25, -0.2) is 0 Å². The normalized spacial score (nSPS) is 17.1. The molecule has 3 amide bonds. The molecule has 1 aliphatic rings. The minimum atomic E-state index is -1.09. The summed E-state index contributed by atoms with van der Waals surface area (Å²) >= 11 is 0. The number of hydrogen-bond acceptors (Lipinski definition) is 6. The molecule has 1 saturated heterocycles. The molecule has 0 saturated carbocycles. The molecular formula is C34H34N4O6. The van der Waals surface area contributed by atoms with Crippen molar-refractivity contribution in [2.24, 2.45) is 5.73 Å². The van der Waals surface area contributed by atoms with Crippen molar-refractivity contribution < 1.29 is 29.0 Å². The van der Waals surface area contributed by atoms with Gasteiger partial charge in [-0.3, -0.25) is 19.2 Å². The number of nitrogens with two attached hydrogens (primary N) is 1. The third-order valence-corrected chi connectivity index (χ3v) is 7.52. The number of nitrogens with one attached hydrogen (secondary N) is 3. The van der Waals surface area contributed by atoms with Crippen LogP contribution < -0.4 is 26.4 Å². The van der Waals surface area contributed by atoms with Gasteiger partial charge in [-0.2, -0.15) is 0 Å². The molecule has 0 spiro atoms. The largest absolute Gasteiger partial charge is 0.480 e. The standard InChI is InChI=1S/C34H34N4O6/c35-27(34(42)43)19-22-11-15-26(16-12-22)44-33-30(32(41)38-33)37-31(40)28(36-29(39)17-13-21-6-2-1-3-7-21)20-23-10-14-24-8-4-5-9-25(24)18-23/h1-12,14-16,18,27-28,30,33H,13,17,19-20,35H2,(H,36,39)(H,37,40)(H,38,41)(H,42,43)/t27-,28-,30+,33?/m0/s1. The van der Waals surface area contributed by atoms with Crippen LogP contribution in [0.5, 0.6) is 5.75 Å². The zero-order valence-electron chi connectivity index (χ0n) is 23.9. The number of β-lactam (4-membered cyclic amide) rings is 1. The number of ether oxygens (including phenoxy) is 1. The first-order valence-electron chi connectivity index (χ1n) is 14.4. The van der Waals surface area contributed by atoms with E-state index in [1.54, 1.807) is 24.3 Å². The third kappa shape index (κ3) is 7.78. The Morgan fingerprint density at radius 2 is 1.52 bits per heavy atom. The lowest BCUT2D eigenvalue weighted by atomic mass is 10.00. The van der Waals surface area contributed by atoms with Gasteiger partial charge in [-0.1, -0.05) is 84.9 Å². The van der Waals surface area contributed by atoms with E-state index in [9.17, 15) is 19.2 Å². The molecule has 44 heavy (non-hydrogen) atoms. The fourth-order valence-corrected chi connectivity index (χ4v) is 5.02. The van der Waals surface area contributed by atoms with Gasteiger partial charge in [0.1, 0.15) is 17.8 Å². The van der Waals surface area contributed by atoms with Crippen LogP contribution >= 0.6 is 0 Å². The highest BCUT2D eigenvalue weighted by atomic mass is 16.5. The van der Waals surface area contributed by atoms with Crippen LogP contribution in [0.25, 0.3) is 10.8 Å². The quantitative estimate of drug-likeness (QED) is 0.149. The molecule has 4 aromatic rings. The summed E-state index contributed by atoms with van der Waals surface area (Å²) in [4.78, 5) is 50.0. The number of carbonyl (C=O) groups excluding carboxylic acids is 3. The van der Waals surface area contributed by atoms with Crippen LogP contribution in [0.4, 0.5) is 0 Å². The van der Waals surface area contributed by atoms with E-state index in [4.69, 9.17) is 15.6 Å². The topological polar surface area (TPSA) is 160 Å². The molecule has 1 heterocycles. The number of fused-ring (bicyclic) bond motifs is 1. The molecule has 5 rings (SSSR count). The van der Waals surface area contributed by atoms with Crippen LogP contribution in [-0.4, -0.2) is 53.2 Å². The maximum atomic E-state index is 13.5. The van der Waals surface area contributed by atoms with Crippen LogP contribution in [0.3, 0.4) is 0 Å². The lowest BCUT2D eigenvalue weighted by molar-refractivity contribution is -0.144. The van der Waals surface area contributed by atoms with Crippen molar-refractivity contribution >= 4 is 34.5 Å². The molecule has 10 nitrogen and oxygen atoms in total. The summed E-state index contributed by atoms with van der Waals surface area (Å²) < 4.78 is 5.87. The Morgan fingerprint density at radius 3 is 2.23 bits per heavy atom. The first-order chi connectivity index (χ1) is 21.2. The van der Waals surface area contributed by atoms with Crippen molar-refractivity contribution in [1.82, 2.24) is 16.0 Å². The summed E-state index contributed by atoms with van der Waals surface area (Å²) in [5.74, 6) is -1.86. The van der Waals surface area contributed by atoms with Crippen molar-refractivity contribution in [1.29, 1.82) is 0 Å². The molecule has 10 heteroatoms. The third-order valence-electron chi connectivity index (χ3n) is 7.52. The first kappa shape index (κ1) is 30.2. The predicted molar refractivity (Wildman–Crippen MR) is 165 cm³/mol. The number of aryl methyl sites for hydroxylation is 1. The molecule has 4 atom stereocenters. The highest BCUT2D eigenvalue weighted by molar-refractivity contribution is 5.95. The molecule has 1 fully saturated rings. The van der Waals surface area contributed by atoms with Gasteiger partial charge in [-0.05, 0) is 52.4 Å². The van der Waals surface area contributed by atoms with E-state index in [1.165, 1.54) is 0 Å². The molecule has 0 aromatic heterocycles. The number of hydrogen-bond donors (Lipinski definition) is 5. The van der Waals surface area contributed by atoms with Gasteiger partial charge in [0.25, 0.3) is 5.91 Å². The SMILES string of the molecule is N[C@@H](Cc1ccc(OC2NC(=O)[C@H]2NC(=O)[C@H](Cc2ccc3ccccc3c2)NC(=O)CCc2ccccc2)cc1)C(=O)O. The van der Waals surface area contributed by atoms with E-state index in [0.717, 1.165) is 21.9 Å².